The smallest absolute Gasteiger partial charge is 0.337 e. The molecule has 1 aromatic carbocycles. The molecule has 0 bridgehead atoms. The number of carboxylic acid groups (broad SMARTS) is 1. The summed E-state index contributed by atoms with van der Waals surface area (Å²) in [7, 11) is 0. The first-order valence-electron chi connectivity index (χ1n) is 6.55. The van der Waals surface area contributed by atoms with Crippen molar-refractivity contribution in [3.05, 3.63) is 44.9 Å². The number of nitro groups is 1. The Morgan fingerprint density at radius 3 is 2.41 bits per heavy atom. The highest BCUT2D eigenvalue weighted by Crippen LogP contribution is 2.50. The van der Waals surface area contributed by atoms with Gasteiger partial charge in [0.05, 0.1) is 16.4 Å². The molecule has 1 N–H and O–H groups in total. The maximum absolute atomic E-state index is 12.6. The number of carboxylic acids is 1. The molecule has 8 heteroatoms. The molecule has 2 aliphatic carbocycles. The number of hydrogen-bond acceptors (Lipinski definition) is 5. The molecule has 0 amide bonds. The van der Waals surface area contributed by atoms with Crippen molar-refractivity contribution in [1.82, 2.24) is 0 Å². The summed E-state index contributed by atoms with van der Waals surface area (Å²) in [5.41, 5.74) is -0.187. The van der Waals surface area contributed by atoms with Gasteiger partial charge in [0.2, 0.25) is 0 Å². The number of allylic oxidation sites excluding steroid dienone is 1. The van der Waals surface area contributed by atoms with Crippen LogP contribution in [0.2, 0.25) is 0 Å². The van der Waals surface area contributed by atoms with Gasteiger partial charge in [0.15, 0.2) is 4.90 Å². The Labute approximate surface area is 128 Å². The number of ketones is 1. The monoisotopic (exact) mass is 321 g/mol. The average Bonchev–Trinajstić information content (AvgIpc) is 2.79. The van der Waals surface area contributed by atoms with Crippen LogP contribution in [0.25, 0.3) is 0 Å². The number of nitro benzene ring substituents is 1. The van der Waals surface area contributed by atoms with Crippen LogP contribution in [0.1, 0.15) is 12.8 Å². The van der Waals surface area contributed by atoms with Crippen molar-refractivity contribution in [3.63, 3.8) is 0 Å². The summed E-state index contributed by atoms with van der Waals surface area (Å²) in [5.74, 6) is -2.06. The fraction of sp³-hybridized carbons (Fsp3) is 0.286. The van der Waals surface area contributed by atoms with E-state index in [1.54, 1.807) is 0 Å². The van der Waals surface area contributed by atoms with Gasteiger partial charge in [-0.1, -0.05) is 0 Å². The van der Waals surface area contributed by atoms with Crippen molar-refractivity contribution in [1.29, 1.82) is 0 Å². The number of hydrogen-bond donors (Lipinski definition) is 1. The van der Waals surface area contributed by atoms with Crippen LogP contribution in [0.3, 0.4) is 0 Å². The summed E-state index contributed by atoms with van der Waals surface area (Å²) in [6.07, 6.45) is 0.643. The predicted molar refractivity (Wildman–Crippen MR) is 75.4 cm³/mol. The van der Waals surface area contributed by atoms with Gasteiger partial charge in [-0.15, -0.1) is 0 Å². The first kappa shape index (κ1) is 14.7. The van der Waals surface area contributed by atoms with Gasteiger partial charge in [0, 0.05) is 48.3 Å². The van der Waals surface area contributed by atoms with Gasteiger partial charge in [0.25, 0.3) is 5.69 Å². The van der Waals surface area contributed by atoms with Crippen molar-refractivity contribution >= 4 is 28.6 Å². The van der Waals surface area contributed by atoms with Gasteiger partial charge >= 0.3 is 5.97 Å². The second-order valence-corrected chi connectivity index (χ2v) is 6.78. The molecule has 7 nitrogen and oxygen atoms in total. The van der Waals surface area contributed by atoms with Gasteiger partial charge in [-0.05, 0) is 5.92 Å². The molecule has 3 atom stereocenters. The van der Waals surface area contributed by atoms with Crippen LogP contribution in [0, 0.1) is 22.0 Å². The minimum Gasteiger partial charge on any atom is -0.607 e. The first-order chi connectivity index (χ1) is 10.4. The number of fused-ring (bicyclic) bond motifs is 1. The van der Waals surface area contributed by atoms with Gasteiger partial charge < -0.3 is 9.66 Å². The molecule has 0 saturated heterocycles. The molecule has 114 valence electrons. The third-order valence-electron chi connectivity index (χ3n) is 4.06. The van der Waals surface area contributed by atoms with Crippen molar-refractivity contribution in [2.75, 3.05) is 0 Å². The van der Waals surface area contributed by atoms with E-state index in [4.69, 9.17) is 0 Å². The fourth-order valence-corrected chi connectivity index (χ4v) is 4.42. The van der Waals surface area contributed by atoms with Crippen LogP contribution in [0.15, 0.2) is 39.6 Å². The van der Waals surface area contributed by atoms with Crippen molar-refractivity contribution in [2.45, 2.75) is 17.7 Å². The molecule has 22 heavy (non-hydrogen) atoms. The molecule has 3 unspecified atom stereocenters. The van der Waals surface area contributed by atoms with Crippen molar-refractivity contribution in [3.8, 4) is 0 Å². The zero-order valence-corrected chi connectivity index (χ0v) is 12.0. The lowest BCUT2D eigenvalue weighted by Crippen LogP contribution is -2.36. The number of rotatable bonds is 4. The molecule has 1 fully saturated rings. The van der Waals surface area contributed by atoms with Gasteiger partial charge in [-0.25, -0.2) is 4.79 Å². The zero-order valence-electron chi connectivity index (χ0n) is 11.2. The first-order valence-corrected chi connectivity index (χ1v) is 7.70. The van der Waals surface area contributed by atoms with E-state index < -0.39 is 28.0 Å². The van der Waals surface area contributed by atoms with E-state index in [2.05, 4.69) is 0 Å². The van der Waals surface area contributed by atoms with Crippen molar-refractivity contribution < 1.29 is 24.2 Å². The Morgan fingerprint density at radius 2 is 1.91 bits per heavy atom. The average molecular weight is 321 g/mol. The van der Waals surface area contributed by atoms with Crippen LogP contribution in [0.4, 0.5) is 5.69 Å². The third-order valence-corrected chi connectivity index (χ3v) is 5.59. The van der Waals surface area contributed by atoms with Gasteiger partial charge in [0.1, 0.15) is 10.7 Å². The lowest BCUT2D eigenvalue weighted by Gasteiger charge is -2.28. The van der Waals surface area contributed by atoms with E-state index in [1.165, 1.54) is 24.3 Å². The minimum absolute atomic E-state index is 0.0575. The minimum atomic E-state index is -1.72. The molecular weight excluding hydrogens is 310 g/mol. The van der Waals surface area contributed by atoms with Crippen LogP contribution >= 0.6 is 0 Å². The van der Waals surface area contributed by atoms with E-state index in [1.807, 2.05) is 0 Å². The molecule has 1 aromatic rings. The summed E-state index contributed by atoms with van der Waals surface area (Å²) in [4.78, 5) is 33.6. The Bertz CT molecular complexity index is 711. The lowest BCUT2D eigenvalue weighted by molar-refractivity contribution is -0.384. The van der Waals surface area contributed by atoms with Crippen LogP contribution in [-0.2, 0) is 20.8 Å². The summed E-state index contributed by atoms with van der Waals surface area (Å²) >= 11 is -1.72. The largest absolute Gasteiger partial charge is 0.607 e. The molecular formula is C14H11NO6S. The zero-order chi connectivity index (χ0) is 16.0. The third kappa shape index (κ3) is 2.20. The van der Waals surface area contributed by atoms with E-state index >= 15 is 0 Å². The standard InChI is InChI=1S/C14H11NO6S/c16-10-5-7-6-11(13(12(7)10)14(17)18)22(21)9-3-1-8(2-4-9)15(19)20/h1-4,7,12H,5-6H2,(H,17,18). The number of benzene rings is 1. The molecule has 3 rings (SSSR count). The van der Waals surface area contributed by atoms with E-state index in [-0.39, 0.29) is 27.9 Å². The number of carbonyl (C=O) groups excluding carboxylic acids is 1. The Balaban J connectivity index is 1.94. The highest BCUT2D eigenvalue weighted by atomic mass is 32.2. The number of non-ortho nitro benzene ring substituents is 1. The number of nitrogens with zero attached hydrogens (tertiary/aromatic N) is 1. The summed E-state index contributed by atoms with van der Waals surface area (Å²) < 4.78 is 12.6. The molecule has 0 aromatic heterocycles. The van der Waals surface area contributed by atoms with Crippen LogP contribution < -0.4 is 0 Å². The van der Waals surface area contributed by atoms with E-state index in [9.17, 15) is 29.4 Å². The predicted octanol–water partition coefficient (Wildman–Crippen LogP) is 1.65. The van der Waals surface area contributed by atoms with Crippen molar-refractivity contribution in [2.24, 2.45) is 11.8 Å². The summed E-state index contributed by atoms with van der Waals surface area (Å²) in [6.45, 7) is 0. The number of Topliss-reactive ketones (excluding diaryl/α,β-unsaturated/α-hetero) is 1. The lowest BCUT2D eigenvalue weighted by atomic mass is 9.72. The quantitative estimate of drug-likeness (QED) is 0.511. The molecule has 0 aliphatic heterocycles. The van der Waals surface area contributed by atoms with Gasteiger partial charge in [-0.3, -0.25) is 14.9 Å². The number of carbonyl (C=O) groups is 2. The number of aliphatic carboxylic acids is 1. The maximum atomic E-state index is 12.6. The van der Waals surface area contributed by atoms with Crippen LogP contribution in [-0.4, -0.2) is 26.3 Å². The van der Waals surface area contributed by atoms with E-state index in [0.29, 0.717) is 17.7 Å². The summed E-state index contributed by atoms with van der Waals surface area (Å²) in [6, 6.07) is 5.15. The Kier molecular flexibility index (Phi) is 3.50. The molecule has 0 spiro atoms. The molecule has 2 aliphatic rings. The Hall–Kier alpha value is -2.19. The maximum Gasteiger partial charge on any atom is 0.337 e. The fourth-order valence-electron chi connectivity index (χ4n) is 2.98. The topological polar surface area (TPSA) is 121 Å². The second-order valence-electron chi connectivity index (χ2n) is 5.27. The normalized spacial score (nSPS) is 24.7. The highest BCUT2D eigenvalue weighted by molar-refractivity contribution is 7.95. The second kappa shape index (κ2) is 5.22. The molecule has 1 saturated carbocycles. The van der Waals surface area contributed by atoms with Crippen LogP contribution in [0.5, 0.6) is 0 Å². The SMILES string of the molecule is O=C(O)C1=C([S+]([O-])c2ccc([N+](=O)[O-])cc2)CC2CC(=O)C12. The van der Waals surface area contributed by atoms with Gasteiger partial charge in [-0.2, -0.15) is 0 Å². The highest BCUT2D eigenvalue weighted by Gasteiger charge is 2.53. The Morgan fingerprint density at radius 1 is 1.27 bits per heavy atom. The summed E-state index contributed by atoms with van der Waals surface area (Å²) in [5, 5.41) is 19.9. The molecule has 0 heterocycles. The molecule has 0 radical (unpaired) electrons. The van der Waals surface area contributed by atoms with E-state index in [0.717, 1.165) is 0 Å².